The molecular formula is C28H29OS+. The molecule has 1 atom stereocenters. The zero-order valence-corrected chi connectivity index (χ0v) is 18.2. The Morgan fingerprint density at radius 1 is 0.633 bits per heavy atom. The number of benzene rings is 3. The van der Waals surface area contributed by atoms with Crippen molar-refractivity contribution >= 4 is 10.9 Å². The average Bonchev–Trinajstić information content (AvgIpc) is 2.76. The predicted molar refractivity (Wildman–Crippen MR) is 123 cm³/mol. The minimum atomic E-state index is -0.296. The van der Waals surface area contributed by atoms with Gasteiger partial charge in [0.15, 0.2) is 15.5 Å². The molecule has 1 nitrogen and oxygen atoms in total. The summed E-state index contributed by atoms with van der Waals surface area (Å²) in [5.41, 5.74) is 2.01. The topological polar surface area (TPSA) is 20.2 Å². The van der Waals surface area contributed by atoms with Crippen LogP contribution < -0.4 is 0 Å². The number of phenolic OH excluding ortho intramolecular Hbond substituents is 1. The lowest BCUT2D eigenvalue weighted by molar-refractivity contribution is -0.00521. The molecule has 3 aromatic carbocycles. The van der Waals surface area contributed by atoms with E-state index >= 15 is 0 Å². The van der Waals surface area contributed by atoms with E-state index in [4.69, 9.17) is 0 Å². The van der Waals surface area contributed by atoms with Gasteiger partial charge in [-0.3, -0.25) is 0 Å². The molecule has 4 aliphatic rings. The van der Waals surface area contributed by atoms with Crippen molar-refractivity contribution in [2.75, 3.05) is 0 Å². The molecule has 2 heteroatoms. The summed E-state index contributed by atoms with van der Waals surface area (Å²) in [6.07, 6.45) is 8.68. The fourth-order valence-corrected chi connectivity index (χ4v) is 9.09. The van der Waals surface area contributed by atoms with Crippen molar-refractivity contribution in [3.63, 3.8) is 0 Å². The number of hydrogen-bond acceptors (Lipinski definition) is 1. The largest absolute Gasteiger partial charge is 0.503 e. The van der Waals surface area contributed by atoms with Gasteiger partial charge in [-0.2, -0.15) is 0 Å². The Balaban J connectivity index is 1.39. The number of rotatable bonds is 4. The molecule has 0 heterocycles. The van der Waals surface area contributed by atoms with Gasteiger partial charge in [0.1, 0.15) is 10.9 Å². The molecule has 30 heavy (non-hydrogen) atoms. The van der Waals surface area contributed by atoms with Gasteiger partial charge in [-0.05, 0) is 104 Å². The maximum atomic E-state index is 10.6. The number of aromatic hydroxyl groups is 1. The van der Waals surface area contributed by atoms with Crippen LogP contribution in [0.15, 0.2) is 93.5 Å². The number of hydrogen-bond donors (Lipinski definition) is 1. The highest BCUT2D eigenvalue weighted by Gasteiger charge is 2.51. The van der Waals surface area contributed by atoms with Crippen LogP contribution in [0.1, 0.15) is 44.1 Å². The summed E-state index contributed by atoms with van der Waals surface area (Å²) >= 11 is 0. The highest BCUT2D eigenvalue weighted by atomic mass is 32.2. The second-order valence-corrected chi connectivity index (χ2v) is 11.8. The first-order valence-electron chi connectivity index (χ1n) is 11.4. The Labute approximate surface area is 182 Å². The molecule has 1 N–H and O–H groups in total. The summed E-state index contributed by atoms with van der Waals surface area (Å²) in [6.45, 7) is 0. The maximum Gasteiger partial charge on any atom is 0.208 e. The van der Waals surface area contributed by atoms with Crippen LogP contribution in [-0.2, 0) is 16.3 Å². The zero-order chi connectivity index (χ0) is 20.1. The van der Waals surface area contributed by atoms with Crippen molar-refractivity contribution in [2.45, 2.75) is 58.6 Å². The first kappa shape index (κ1) is 18.6. The summed E-state index contributed by atoms with van der Waals surface area (Å²) in [5.74, 6) is 3.29. The predicted octanol–water partition coefficient (Wildman–Crippen LogP) is 6.96. The molecule has 1 unspecified atom stereocenters. The SMILES string of the molecule is Oc1ccccc1[S+](c1ccccc1)c1ccc(C23CC4CC(CC(C4)C2)C3)cc1. The van der Waals surface area contributed by atoms with Crippen LogP contribution in [0.3, 0.4) is 0 Å². The third kappa shape index (κ3) is 3.08. The van der Waals surface area contributed by atoms with Gasteiger partial charge in [0.05, 0.1) is 0 Å². The zero-order valence-electron chi connectivity index (χ0n) is 17.3. The van der Waals surface area contributed by atoms with E-state index in [9.17, 15) is 5.11 Å². The lowest BCUT2D eigenvalue weighted by Crippen LogP contribution is -2.48. The van der Waals surface area contributed by atoms with E-state index in [1.54, 1.807) is 5.56 Å². The van der Waals surface area contributed by atoms with Crippen molar-refractivity contribution in [3.8, 4) is 5.75 Å². The molecule has 0 amide bonds. The molecule has 4 bridgehead atoms. The molecule has 4 aliphatic carbocycles. The van der Waals surface area contributed by atoms with Crippen LogP contribution in [0.2, 0.25) is 0 Å². The minimum absolute atomic E-state index is 0.296. The molecule has 4 fully saturated rings. The van der Waals surface area contributed by atoms with Gasteiger partial charge >= 0.3 is 0 Å². The Bertz CT molecular complexity index is 1000. The first-order chi connectivity index (χ1) is 14.7. The van der Waals surface area contributed by atoms with Crippen molar-refractivity contribution in [2.24, 2.45) is 17.8 Å². The quantitative estimate of drug-likeness (QED) is 0.459. The standard InChI is InChI=1S/C28H28OS/c29-26-8-4-5-9-27(26)30(24-6-2-1-3-7-24)25-12-10-23(11-13-25)28-17-20-14-21(18-28)16-22(15-20)19-28/h1-13,20-22H,14-19H2/p+1. The first-order valence-corrected chi connectivity index (χ1v) is 12.6. The highest BCUT2D eigenvalue weighted by Crippen LogP contribution is 2.60. The summed E-state index contributed by atoms with van der Waals surface area (Å²) in [7, 11) is -0.296. The van der Waals surface area contributed by atoms with Crippen LogP contribution >= 0.6 is 0 Å². The second-order valence-electron chi connectivity index (χ2n) is 9.81. The van der Waals surface area contributed by atoms with Crippen LogP contribution in [-0.4, -0.2) is 5.11 Å². The van der Waals surface area contributed by atoms with Crippen LogP contribution in [0, 0.1) is 17.8 Å². The average molecular weight is 414 g/mol. The van der Waals surface area contributed by atoms with E-state index in [0.717, 1.165) is 22.6 Å². The Kier molecular flexibility index (Phi) is 4.46. The molecule has 7 rings (SSSR count). The minimum Gasteiger partial charge on any atom is -0.503 e. The fraction of sp³-hybridized carbons (Fsp3) is 0.357. The molecule has 152 valence electrons. The van der Waals surface area contributed by atoms with Crippen LogP contribution in [0.4, 0.5) is 0 Å². The Hall–Kier alpha value is -2.19. The van der Waals surface area contributed by atoms with E-state index in [0.29, 0.717) is 11.2 Å². The van der Waals surface area contributed by atoms with Gasteiger partial charge in [-0.1, -0.05) is 42.5 Å². The molecule has 3 aromatic rings. The normalized spacial score (nSPS) is 30.3. The van der Waals surface area contributed by atoms with Gasteiger partial charge in [0, 0.05) is 0 Å². The molecule has 4 saturated carbocycles. The van der Waals surface area contributed by atoms with Gasteiger partial charge < -0.3 is 5.11 Å². The van der Waals surface area contributed by atoms with E-state index in [-0.39, 0.29) is 10.9 Å². The van der Waals surface area contributed by atoms with Gasteiger partial charge in [-0.15, -0.1) is 0 Å². The molecule has 0 aliphatic heterocycles. The number of phenols is 1. The molecular weight excluding hydrogens is 384 g/mol. The van der Waals surface area contributed by atoms with E-state index < -0.39 is 0 Å². The van der Waals surface area contributed by atoms with Crippen molar-refractivity contribution in [3.05, 3.63) is 84.4 Å². The Morgan fingerprint density at radius 3 is 1.77 bits per heavy atom. The molecule has 0 aromatic heterocycles. The van der Waals surface area contributed by atoms with Gasteiger partial charge in [0.2, 0.25) is 4.90 Å². The third-order valence-electron chi connectivity index (χ3n) is 7.80. The van der Waals surface area contributed by atoms with Crippen molar-refractivity contribution in [1.82, 2.24) is 0 Å². The Morgan fingerprint density at radius 2 is 1.17 bits per heavy atom. The molecule has 0 radical (unpaired) electrons. The molecule has 0 saturated heterocycles. The van der Waals surface area contributed by atoms with Crippen molar-refractivity contribution < 1.29 is 5.11 Å². The summed E-state index contributed by atoms with van der Waals surface area (Å²) in [4.78, 5) is 3.55. The maximum absolute atomic E-state index is 10.6. The smallest absolute Gasteiger partial charge is 0.208 e. The van der Waals surface area contributed by atoms with Gasteiger partial charge in [0.25, 0.3) is 0 Å². The monoisotopic (exact) mass is 413 g/mol. The highest BCUT2D eigenvalue weighted by molar-refractivity contribution is 7.97. The third-order valence-corrected chi connectivity index (χ3v) is 10.1. The van der Waals surface area contributed by atoms with E-state index in [1.165, 1.54) is 48.3 Å². The summed E-state index contributed by atoms with van der Waals surface area (Å²) in [5, 5.41) is 10.6. The van der Waals surface area contributed by atoms with Crippen molar-refractivity contribution in [1.29, 1.82) is 0 Å². The van der Waals surface area contributed by atoms with E-state index in [1.807, 2.05) is 18.2 Å². The molecule has 0 spiro atoms. The summed E-state index contributed by atoms with van der Waals surface area (Å²) < 4.78 is 0. The van der Waals surface area contributed by atoms with Gasteiger partial charge in [-0.25, -0.2) is 0 Å². The van der Waals surface area contributed by atoms with E-state index in [2.05, 4.69) is 60.7 Å². The lowest BCUT2D eigenvalue weighted by Gasteiger charge is -2.57. The second kappa shape index (κ2) is 7.20. The lowest BCUT2D eigenvalue weighted by atomic mass is 9.48. The number of para-hydroxylation sites is 1. The van der Waals surface area contributed by atoms with Crippen LogP contribution in [0.25, 0.3) is 0 Å². The van der Waals surface area contributed by atoms with Crippen LogP contribution in [0.5, 0.6) is 5.75 Å². The summed E-state index contributed by atoms with van der Waals surface area (Å²) in [6, 6.07) is 28.0. The fourth-order valence-electron chi connectivity index (χ4n) is 6.99.